The highest BCUT2D eigenvalue weighted by atomic mass is 19.1. The standard InChI is InChI=1S/C22H23FN4O2/c23-21-6-5-19(29-18-3-1-16(2-4-18)7-9-24)13-20(21)22(28)26-11-8-17(14-26)27-12-10-25-15-27/h1-6,10,12-13,15,17H,7-9,11,14,24H2. The molecule has 1 aliphatic heterocycles. The van der Waals surface area contributed by atoms with Gasteiger partial charge in [0.25, 0.3) is 5.91 Å². The zero-order valence-electron chi connectivity index (χ0n) is 16.0. The molecule has 6 nitrogen and oxygen atoms in total. The van der Waals surface area contributed by atoms with Gasteiger partial charge in [-0.15, -0.1) is 0 Å². The first-order valence-corrected chi connectivity index (χ1v) is 9.67. The molecule has 29 heavy (non-hydrogen) atoms. The van der Waals surface area contributed by atoms with Gasteiger partial charge in [-0.25, -0.2) is 9.37 Å². The van der Waals surface area contributed by atoms with Gasteiger partial charge in [0.1, 0.15) is 17.3 Å². The molecule has 1 amide bonds. The fourth-order valence-electron chi connectivity index (χ4n) is 3.58. The van der Waals surface area contributed by atoms with Crippen LogP contribution in [-0.4, -0.2) is 40.0 Å². The summed E-state index contributed by atoms with van der Waals surface area (Å²) in [6, 6.07) is 12.0. The van der Waals surface area contributed by atoms with Gasteiger partial charge in [0.05, 0.1) is 17.9 Å². The number of rotatable bonds is 6. The van der Waals surface area contributed by atoms with Crippen molar-refractivity contribution in [3.8, 4) is 11.5 Å². The van der Waals surface area contributed by atoms with Gasteiger partial charge in [-0.1, -0.05) is 12.1 Å². The third-order valence-electron chi connectivity index (χ3n) is 5.16. The van der Waals surface area contributed by atoms with Gasteiger partial charge < -0.3 is 19.9 Å². The first kappa shape index (κ1) is 19.1. The highest BCUT2D eigenvalue weighted by Gasteiger charge is 2.29. The summed E-state index contributed by atoms with van der Waals surface area (Å²) in [6.07, 6.45) is 6.95. The van der Waals surface area contributed by atoms with Gasteiger partial charge in [-0.3, -0.25) is 4.79 Å². The molecule has 1 saturated heterocycles. The lowest BCUT2D eigenvalue weighted by atomic mass is 10.1. The van der Waals surface area contributed by atoms with Gasteiger partial charge in [0, 0.05) is 25.5 Å². The van der Waals surface area contributed by atoms with Crippen LogP contribution in [0.1, 0.15) is 28.4 Å². The Morgan fingerprint density at radius 2 is 2.00 bits per heavy atom. The van der Waals surface area contributed by atoms with E-state index >= 15 is 0 Å². The number of ether oxygens (including phenoxy) is 1. The lowest BCUT2D eigenvalue weighted by Crippen LogP contribution is -2.29. The number of amides is 1. The van der Waals surface area contributed by atoms with Gasteiger partial charge in [-0.2, -0.15) is 0 Å². The molecule has 3 aromatic rings. The van der Waals surface area contributed by atoms with Crippen LogP contribution in [0.4, 0.5) is 4.39 Å². The van der Waals surface area contributed by atoms with Crippen LogP contribution < -0.4 is 10.5 Å². The van der Waals surface area contributed by atoms with E-state index in [-0.39, 0.29) is 17.5 Å². The van der Waals surface area contributed by atoms with Crippen LogP contribution in [0.2, 0.25) is 0 Å². The van der Waals surface area contributed by atoms with E-state index in [1.165, 1.54) is 18.2 Å². The van der Waals surface area contributed by atoms with Gasteiger partial charge in [0.2, 0.25) is 0 Å². The summed E-state index contributed by atoms with van der Waals surface area (Å²) in [5.41, 5.74) is 6.71. The summed E-state index contributed by atoms with van der Waals surface area (Å²) in [6.45, 7) is 1.69. The topological polar surface area (TPSA) is 73.4 Å². The number of carbonyl (C=O) groups is 1. The van der Waals surface area contributed by atoms with Crippen molar-refractivity contribution in [2.75, 3.05) is 19.6 Å². The molecule has 2 aromatic carbocycles. The Balaban J connectivity index is 1.47. The maximum Gasteiger partial charge on any atom is 0.257 e. The minimum atomic E-state index is -0.549. The predicted molar refractivity (Wildman–Crippen MR) is 107 cm³/mol. The SMILES string of the molecule is NCCc1ccc(Oc2ccc(F)c(C(=O)N3CCC(n4ccnc4)C3)c2)cc1. The molecule has 1 aliphatic rings. The van der Waals surface area contributed by atoms with Crippen molar-refractivity contribution in [3.05, 3.63) is 78.1 Å². The van der Waals surface area contributed by atoms with E-state index in [1.54, 1.807) is 17.4 Å². The molecule has 0 radical (unpaired) electrons. The molecule has 150 valence electrons. The molecule has 0 spiro atoms. The van der Waals surface area contributed by atoms with Gasteiger partial charge >= 0.3 is 0 Å². The van der Waals surface area contributed by atoms with E-state index in [4.69, 9.17) is 10.5 Å². The number of carbonyl (C=O) groups excluding carboxylic acids is 1. The van der Waals surface area contributed by atoms with Crippen LogP contribution in [0.3, 0.4) is 0 Å². The summed E-state index contributed by atoms with van der Waals surface area (Å²) in [7, 11) is 0. The number of aromatic nitrogens is 2. The first-order valence-electron chi connectivity index (χ1n) is 9.67. The number of benzene rings is 2. The van der Waals surface area contributed by atoms with Crippen molar-refractivity contribution in [1.82, 2.24) is 14.5 Å². The second kappa shape index (κ2) is 8.45. The molecule has 0 bridgehead atoms. The summed E-state index contributed by atoms with van der Waals surface area (Å²) in [5.74, 6) is 0.171. The monoisotopic (exact) mass is 394 g/mol. The van der Waals surface area contributed by atoms with Crippen LogP contribution in [0.5, 0.6) is 11.5 Å². The van der Waals surface area contributed by atoms with Crippen molar-refractivity contribution in [1.29, 1.82) is 0 Å². The molecule has 2 heterocycles. The summed E-state index contributed by atoms with van der Waals surface area (Å²) < 4.78 is 22.2. The zero-order valence-corrected chi connectivity index (χ0v) is 16.0. The molecule has 0 saturated carbocycles. The average molecular weight is 394 g/mol. The van der Waals surface area contributed by atoms with E-state index < -0.39 is 5.82 Å². The van der Waals surface area contributed by atoms with Crippen molar-refractivity contribution in [2.24, 2.45) is 5.73 Å². The lowest BCUT2D eigenvalue weighted by molar-refractivity contribution is 0.0782. The van der Waals surface area contributed by atoms with Gasteiger partial charge in [0.15, 0.2) is 0 Å². The quantitative estimate of drug-likeness (QED) is 0.695. The Morgan fingerprint density at radius 3 is 2.72 bits per heavy atom. The summed E-state index contributed by atoms with van der Waals surface area (Å²) >= 11 is 0. The van der Waals surface area contributed by atoms with Crippen LogP contribution in [0.15, 0.2) is 61.2 Å². The van der Waals surface area contributed by atoms with Gasteiger partial charge in [-0.05, 0) is 55.3 Å². The molecular weight excluding hydrogens is 371 g/mol. The Labute approximate surface area is 168 Å². The normalized spacial score (nSPS) is 16.2. The van der Waals surface area contributed by atoms with Crippen molar-refractivity contribution >= 4 is 5.91 Å². The molecule has 4 rings (SSSR count). The van der Waals surface area contributed by atoms with E-state index in [9.17, 15) is 9.18 Å². The molecule has 2 N–H and O–H groups in total. The molecule has 0 aliphatic carbocycles. The van der Waals surface area contributed by atoms with E-state index in [1.807, 2.05) is 35.0 Å². The highest BCUT2D eigenvalue weighted by Crippen LogP contribution is 2.27. The van der Waals surface area contributed by atoms with Crippen LogP contribution >= 0.6 is 0 Å². The summed E-state index contributed by atoms with van der Waals surface area (Å²) in [5, 5.41) is 0. The molecule has 1 aromatic heterocycles. The second-order valence-corrected chi connectivity index (χ2v) is 7.13. The number of hydrogen-bond donors (Lipinski definition) is 1. The van der Waals surface area contributed by atoms with Crippen LogP contribution in [0.25, 0.3) is 0 Å². The fourth-order valence-corrected chi connectivity index (χ4v) is 3.58. The molecular formula is C22H23FN4O2. The third-order valence-corrected chi connectivity index (χ3v) is 5.16. The van der Waals surface area contributed by atoms with Crippen LogP contribution in [-0.2, 0) is 6.42 Å². The number of nitrogens with zero attached hydrogens (tertiary/aromatic N) is 3. The number of likely N-dealkylation sites (tertiary alicyclic amines) is 1. The molecule has 1 fully saturated rings. The average Bonchev–Trinajstić information content (AvgIpc) is 3.42. The van der Waals surface area contributed by atoms with Crippen molar-refractivity contribution in [3.63, 3.8) is 0 Å². The number of hydrogen-bond acceptors (Lipinski definition) is 4. The van der Waals surface area contributed by atoms with Crippen LogP contribution in [0, 0.1) is 5.82 Å². The third kappa shape index (κ3) is 4.30. The molecule has 1 unspecified atom stereocenters. The first-order chi connectivity index (χ1) is 14.1. The Bertz CT molecular complexity index is 973. The summed E-state index contributed by atoms with van der Waals surface area (Å²) in [4.78, 5) is 18.6. The molecule has 1 atom stereocenters. The number of nitrogens with two attached hydrogens (primary N) is 1. The second-order valence-electron chi connectivity index (χ2n) is 7.13. The molecule has 7 heteroatoms. The largest absolute Gasteiger partial charge is 0.457 e. The predicted octanol–water partition coefficient (Wildman–Crippen LogP) is 3.40. The van der Waals surface area contributed by atoms with E-state index in [2.05, 4.69) is 4.98 Å². The zero-order chi connectivity index (χ0) is 20.2. The van der Waals surface area contributed by atoms with E-state index in [0.717, 1.165) is 18.4 Å². The Morgan fingerprint density at radius 1 is 1.21 bits per heavy atom. The Kier molecular flexibility index (Phi) is 5.57. The van der Waals surface area contributed by atoms with E-state index in [0.29, 0.717) is 31.1 Å². The number of halogens is 1. The Hall–Kier alpha value is -3.19. The minimum Gasteiger partial charge on any atom is -0.457 e. The van der Waals surface area contributed by atoms with Crippen molar-refractivity contribution in [2.45, 2.75) is 18.9 Å². The number of imidazole rings is 1. The lowest BCUT2D eigenvalue weighted by Gasteiger charge is -2.18. The maximum atomic E-state index is 14.4. The fraction of sp³-hybridized carbons (Fsp3) is 0.273. The smallest absolute Gasteiger partial charge is 0.257 e. The maximum absolute atomic E-state index is 14.4. The minimum absolute atomic E-state index is 0.0218. The highest BCUT2D eigenvalue weighted by molar-refractivity contribution is 5.95. The van der Waals surface area contributed by atoms with Crippen molar-refractivity contribution < 1.29 is 13.9 Å².